The molecule has 1 aromatic carbocycles. The second kappa shape index (κ2) is 5.39. The number of nitrogens with two attached hydrogens (primary N) is 1. The summed E-state index contributed by atoms with van der Waals surface area (Å²) < 4.78 is 5.29. The number of methoxy groups -OCH3 is 1. The number of urea groups is 1. The minimum absolute atomic E-state index is 0.497. The lowest BCUT2D eigenvalue weighted by Gasteiger charge is -2.11. The Labute approximate surface area is 95.8 Å². The molecule has 4 nitrogen and oxygen atoms in total. The summed E-state index contributed by atoms with van der Waals surface area (Å²) in [5.41, 5.74) is 8.50. The summed E-state index contributed by atoms with van der Waals surface area (Å²) in [6, 6.07) is 3.59. The number of hydrogen-bond acceptors (Lipinski definition) is 2. The van der Waals surface area contributed by atoms with E-state index in [1.807, 2.05) is 13.0 Å². The van der Waals surface area contributed by atoms with Crippen LogP contribution in [0, 0.1) is 13.8 Å². The maximum absolute atomic E-state index is 10.5. The van der Waals surface area contributed by atoms with Crippen molar-refractivity contribution in [1.29, 1.82) is 0 Å². The second-order valence-electron chi connectivity index (χ2n) is 3.79. The maximum Gasteiger partial charge on any atom is 0.312 e. The van der Waals surface area contributed by atoms with Crippen LogP contribution < -0.4 is 15.8 Å². The summed E-state index contributed by atoms with van der Waals surface area (Å²) in [6.45, 7) is 4.62. The summed E-state index contributed by atoms with van der Waals surface area (Å²) >= 11 is 0. The monoisotopic (exact) mass is 222 g/mol. The number of amides is 2. The van der Waals surface area contributed by atoms with E-state index in [0.717, 1.165) is 11.3 Å². The largest absolute Gasteiger partial charge is 0.496 e. The summed E-state index contributed by atoms with van der Waals surface area (Å²) in [5.74, 6) is 0.856. The third-order valence-electron chi connectivity index (χ3n) is 2.59. The standard InChI is InChI=1S/C12H18N2O2/c1-8-6-10(4-5-14-12(13)15)11(16-3)7-9(8)2/h6-7H,4-5H2,1-3H3,(H3,13,14,15). The molecule has 0 saturated heterocycles. The summed E-state index contributed by atoms with van der Waals surface area (Å²) in [4.78, 5) is 10.5. The van der Waals surface area contributed by atoms with E-state index < -0.39 is 6.03 Å². The molecule has 0 heterocycles. The molecule has 0 saturated carbocycles. The van der Waals surface area contributed by atoms with E-state index in [-0.39, 0.29) is 0 Å². The lowest BCUT2D eigenvalue weighted by atomic mass is 10.0. The third-order valence-corrected chi connectivity index (χ3v) is 2.59. The van der Waals surface area contributed by atoms with Gasteiger partial charge >= 0.3 is 6.03 Å². The number of hydrogen-bond donors (Lipinski definition) is 2. The van der Waals surface area contributed by atoms with E-state index in [1.165, 1.54) is 11.1 Å². The Morgan fingerprint density at radius 3 is 2.56 bits per heavy atom. The number of carbonyl (C=O) groups is 1. The van der Waals surface area contributed by atoms with Gasteiger partial charge in [-0.25, -0.2) is 4.79 Å². The van der Waals surface area contributed by atoms with Crippen molar-refractivity contribution in [2.75, 3.05) is 13.7 Å². The molecule has 0 unspecified atom stereocenters. The molecular formula is C12H18N2O2. The molecule has 0 aliphatic heterocycles. The third kappa shape index (κ3) is 3.15. The lowest BCUT2D eigenvalue weighted by molar-refractivity contribution is 0.249. The van der Waals surface area contributed by atoms with Crippen molar-refractivity contribution in [3.8, 4) is 5.75 Å². The van der Waals surface area contributed by atoms with Crippen molar-refractivity contribution in [1.82, 2.24) is 5.32 Å². The van der Waals surface area contributed by atoms with Crippen molar-refractivity contribution in [2.24, 2.45) is 5.73 Å². The fourth-order valence-corrected chi connectivity index (χ4v) is 1.56. The average Bonchev–Trinajstić information content (AvgIpc) is 2.22. The predicted molar refractivity (Wildman–Crippen MR) is 63.8 cm³/mol. The van der Waals surface area contributed by atoms with Gasteiger partial charge in [0.15, 0.2) is 0 Å². The van der Waals surface area contributed by atoms with Gasteiger partial charge in [0.2, 0.25) is 0 Å². The first kappa shape index (κ1) is 12.4. The highest BCUT2D eigenvalue weighted by atomic mass is 16.5. The van der Waals surface area contributed by atoms with Crippen molar-refractivity contribution in [2.45, 2.75) is 20.3 Å². The Kier molecular flexibility index (Phi) is 4.17. The van der Waals surface area contributed by atoms with Gasteiger partial charge in [-0.05, 0) is 43.0 Å². The van der Waals surface area contributed by atoms with Gasteiger partial charge in [-0.2, -0.15) is 0 Å². The fourth-order valence-electron chi connectivity index (χ4n) is 1.56. The molecule has 16 heavy (non-hydrogen) atoms. The van der Waals surface area contributed by atoms with Crippen LogP contribution in [0.4, 0.5) is 4.79 Å². The Morgan fingerprint density at radius 2 is 2.00 bits per heavy atom. The summed E-state index contributed by atoms with van der Waals surface area (Å²) in [6.07, 6.45) is 0.716. The van der Waals surface area contributed by atoms with E-state index in [4.69, 9.17) is 10.5 Å². The van der Waals surface area contributed by atoms with Crippen molar-refractivity contribution >= 4 is 6.03 Å². The van der Waals surface area contributed by atoms with Gasteiger partial charge in [-0.3, -0.25) is 0 Å². The van der Waals surface area contributed by atoms with Gasteiger partial charge in [0.25, 0.3) is 0 Å². The van der Waals surface area contributed by atoms with Crippen LogP contribution in [0.2, 0.25) is 0 Å². The average molecular weight is 222 g/mol. The highest BCUT2D eigenvalue weighted by Gasteiger charge is 2.05. The minimum atomic E-state index is -0.497. The van der Waals surface area contributed by atoms with E-state index in [2.05, 4.69) is 18.3 Å². The first-order valence-corrected chi connectivity index (χ1v) is 5.22. The van der Waals surface area contributed by atoms with Gasteiger partial charge in [-0.1, -0.05) is 6.07 Å². The molecule has 1 rings (SSSR count). The fraction of sp³-hybridized carbons (Fsp3) is 0.417. The number of aryl methyl sites for hydroxylation is 2. The van der Waals surface area contributed by atoms with Crippen molar-refractivity contribution < 1.29 is 9.53 Å². The maximum atomic E-state index is 10.5. The van der Waals surface area contributed by atoms with Gasteiger partial charge in [0.05, 0.1) is 7.11 Å². The van der Waals surface area contributed by atoms with Crippen LogP contribution in [0.5, 0.6) is 5.75 Å². The number of nitrogens with one attached hydrogen (secondary N) is 1. The topological polar surface area (TPSA) is 64.3 Å². The number of primary amides is 1. The molecule has 0 fully saturated rings. The Morgan fingerprint density at radius 1 is 1.38 bits per heavy atom. The van der Waals surface area contributed by atoms with Gasteiger partial charge in [0, 0.05) is 6.54 Å². The highest BCUT2D eigenvalue weighted by Crippen LogP contribution is 2.23. The molecule has 4 heteroatoms. The molecule has 0 aromatic heterocycles. The SMILES string of the molecule is COc1cc(C)c(C)cc1CCNC(N)=O. The highest BCUT2D eigenvalue weighted by molar-refractivity contribution is 5.71. The number of carbonyl (C=O) groups excluding carboxylic acids is 1. The van der Waals surface area contributed by atoms with Crippen LogP contribution in [-0.4, -0.2) is 19.7 Å². The summed E-state index contributed by atoms with van der Waals surface area (Å²) in [7, 11) is 1.65. The lowest BCUT2D eigenvalue weighted by Crippen LogP contribution is -2.31. The van der Waals surface area contributed by atoms with E-state index >= 15 is 0 Å². The molecular weight excluding hydrogens is 204 g/mol. The second-order valence-corrected chi connectivity index (χ2v) is 3.79. The quantitative estimate of drug-likeness (QED) is 0.811. The van der Waals surface area contributed by atoms with Gasteiger partial charge in [-0.15, -0.1) is 0 Å². The van der Waals surface area contributed by atoms with Crippen LogP contribution in [-0.2, 0) is 6.42 Å². The Bertz CT molecular complexity index is 389. The molecule has 0 atom stereocenters. The molecule has 0 bridgehead atoms. The molecule has 2 amide bonds. The molecule has 88 valence electrons. The Balaban J connectivity index is 2.77. The first-order valence-electron chi connectivity index (χ1n) is 5.22. The van der Waals surface area contributed by atoms with Crippen LogP contribution in [0.25, 0.3) is 0 Å². The molecule has 0 aliphatic rings. The summed E-state index contributed by atoms with van der Waals surface area (Å²) in [5, 5.41) is 2.56. The van der Waals surface area contributed by atoms with Gasteiger partial charge in [0.1, 0.15) is 5.75 Å². The zero-order chi connectivity index (χ0) is 12.1. The van der Waals surface area contributed by atoms with E-state index in [1.54, 1.807) is 7.11 Å². The first-order chi connectivity index (χ1) is 7.54. The Hall–Kier alpha value is -1.71. The van der Waals surface area contributed by atoms with E-state index in [0.29, 0.717) is 13.0 Å². The molecule has 0 aliphatic carbocycles. The van der Waals surface area contributed by atoms with Crippen LogP contribution >= 0.6 is 0 Å². The van der Waals surface area contributed by atoms with Crippen LogP contribution in [0.3, 0.4) is 0 Å². The predicted octanol–water partition coefficient (Wildman–Crippen LogP) is 1.52. The molecule has 1 aromatic rings. The molecule has 0 spiro atoms. The van der Waals surface area contributed by atoms with Crippen molar-refractivity contribution in [3.05, 3.63) is 28.8 Å². The smallest absolute Gasteiger partial charge is 0.312 e. The number of rotatable bonds is 4. The van der Waals surface area contributed by atoms with Crippen molar-refractivity contribution in [3.63, 3.8) is 0 Å². The van der Waals surface area contributed by atoms with Crippen LogP contribution in [0.15, 0.2) is 12.1 Å². The zero-order valence-corrected chi connectivity index (χ0v) is 9.96. The minimum Gasteiger partial charge on any atom is -0.496 e. The molecule has 0 radical (unpaired) electrons. The number of benzene rings is 1. The van der Waals surface area contributed by atoms with E-state index in [9.17, 15) is 4.79 Å². The van der Waals surface area contributed by atoms with Gasteiger partial charge < -0.3 is 15.8 Å². The number of ether oxygens (including phenoxy) is 1. The zero-order valence-electron chi connectivity index (χ0n) is 9.96. The molecule has 3 N–H and O–H groups in total. The van der Waals surface area contributed by atoms with Crippen LogP contribution in [0.1, 0.15) is 16.7 Å². The normalized spacial score (nSPS) is 9.94.